The summed E-state index contributed by atoms with van der Waals surface area (Å²) in [5.41, 5.74) is 2.36. The van der Waals surface area contributed by atoms with Crippen LogP contribution in [0.5, 0.6) is 0 Å². The average molecular weight is 301 g/mol. The fraction of sp³-hybridized carbons (Fsp3) is 0.235. The van der Waals surface area contributed by atoms with Gasteiger partial charge in [0.05, 0.1) is 0 Å². The summed E-state index contributed by atoms with van der Waals surface area (Å²) in [6.07, 6.45) is 0. The SMILES string of the molecule is CCN(CC)c1ccc(NC(=O)Nc2ccc(F)cc2)cc1. The molecular formula is C17H20FN3O. The Balaban J connectivity index is 1.95. The smallest absolute Gasteiger partial charge is 0.323 e. The normalized spacial score (nSPS) is 10.1. The predicted octanol–water partition coefficient (Wildman–Crippen LogP) is 4.32. The lowest BCUT2D eigenvalue weighted by Crippen LogP contribution is -2.22. The van der Waals surface area contributed by atoms with Gasteiger partial charge in [-0.15, -0.1) is 0 Å². The molecule has 0 atom stereocenters. The number of carbonyl (C=O) groups excluding carboxylic acids is 1. The van der Waals surface area contributed by atoms with Crippen LogP contribution in [-0.2, 0) is 0 Å². The van der Waals surface area contributed by atoms with Crippen molar-refractivity contribution in [3.05, 3.63) is 54.3 Å². The van der Waals surface area contributed by atoms with E-state index in [0.717, 1.165) is 18.8 Å². The van der Waals surface area contributed by atoms with E-state index in [9.17, 15) is 9.18 Å². The molecule has 5 heteroatoms. The van der Waals surface area contributed by atoms with Crippen molar-refractivity contribution in [3.63, 3.8) is 0 Å². The number of hydrogen-bond donors (Lipinski definition) is 2. The molecule has 2 N–H and O–H groups in total. The van der Waals surface area contributed by atoms with E-state index < -0.39 is 0 Å². The lowest BCUT2D eigenvalue weighted by Gasteiger charge is -2.21. The van der Waals surface area contributed by atoms with Crippen LogP contribution in [0.1, 0.15) is 13.8 Å². The number of benzene rings is 2. The van der Waals surface area contributed by atoms with Crippen molar-refractivity contribution < 1.29 is 9.18 Å². The zero-order chi connectivity index (χ0) is 15.9. The highest BCUT2D eigenvalue weighted by Gasteiger charge is 2.05. The van der Waals surface area contributed by atoms with Gasteiger partial charge >= 0.3 is 6.03 Å². The fourth-order valence-corrected chi connectivity index (χ4v) is 2.17. The van der Waals surface area contributed by atoms with Crippen molar-refractivity contribution in [2.24, 2.45) is 0 Å². The van der Waals surface area contributed by atoms with Gasteiger partial charge < -0.3 is 15.5 Å². The highest BCUT2D eigenvalue weighted by Crippen LogP contribution is 2.18. The lowest BCUT2D eigenvalue weighted by molar-refractivity contribution is 0.262. The highest BCUT2D eigenvalue weighted by molar-refractivity contribution is 5.99. The van der Waals surface area contributed by atoms with Gasteiger partial charge in [0.25, 0.3) is 0 Å². The summed E-state index contributed by atoms with van der Waals surface area (Å²) in [6.45, 7) is 6.08. The number of halogens is 1. The summed E-state index contributed by atoms with van der Waals surface area (Å²) >= 11 is 0. The van der Waals surface area contributed by atoms with Gasteiger partial charge in [-0.2, -0.15) is 0 Å². The summed E-state index contributed by atoms with van der Waals surface area (Å²) in [7, 11) is 0. The first-order valence-corrected chi connectivity index (χ1v) is 7.31. The van der Waals surface area contributed by atoms with E-state index in [1.807, 2.05) is 24.3 Å². The Morgan fingerprint density at radius 1 is 0.909 bits per heavy atom. The molecular weight excluding hydrogens is 281 g/mol. The molecule has 0 aliphatic heterocycles. The zero-order valence-corrected chi connectivity index (χ0v) is 12.8. The molecule has 0 spiro atoms. The predicted molar refractivity (Wildman–Crippen MR) is 89.0 cm³/mol. The molecule has 0 aromatic heterocycles. The molecule has 0 saturated heterocycles. The van der Waals surface area contributed by atoms with Crippen LogP contribution in [0.3, 0.4) is 0 Å². The Hall–Kier alpha value is -2.56. The van der Waals surface area contributed by atoms with Crippen molar-refractivity contribution in [3.8, 4) is 0 Å². The first kappa shape index (κ1) is 15.8. The topological polar surface area (TPSA) is 44.4 Å². The minimum absolute atomic E-state index is 0.335. The third-order valence-corrected chi connectivity index (χ3v) is 3.36. The number of rotatable bonds is 5. The van der Waals surface area contributed by atoms with Gasteiger partial charge in [-0.1, -0.05) is 0 Å². The van der Waals surface area contributed by atoms with E-state index in [1.165, 1.54) is 24.3 Å². The fourth-order valence-electron chi connectivity index (χ4n) is 2.17. The summed E-state index contributed by atoms with van der Waals surface area (Å²) in [5.74, 6) is -0.335. The molecule has 2 aromatic rings. The number of hydrogen-bond acceptors (Lipinski definition) is 2. The Morgan fingerprint density at radius 3 is 1.82 bits per heavy atom. The summed E-state index contributed by atoms with van der Waals surface area (Å²) in [4.78, 5) is 14.1. The van der Waals surface area contributed by atoms with Crippen molar-refractivity contribution >= 4 is 23.1 Å². The summed E-state index contributed by atoms with van der Waals surface area (Å²) in [6, 6.07) is 12.9. The van der Waals surface area contributed by atoms with Gasteiger partial charge in [0.2, 0.25) is 0 Å². The summed E-state index contributed by atoms with van der Waals surface area (Å²) < 4.78 is 12.8. The van der Waals surface area contributed by atoms with Gasteiger partial charge in [-0.05, 0) is 62.4 Å². The number of amides is 2. The number of carbonyl (C=O) groups is 1. The highest BCUT2D eigenvalue weighted by atomic mass is 19.1. The molecule has 0 radical (unpaired) electrons. The monoisotopic (exact) mass is 301 g/mol. The van der Waals surface area contributed by atoms with Crippen LogP contribution in [0.4, 0.5) is 26.2 Å². The maximum atomic E-state index is 12.8. The van der Waals surface area contributed by atoms with Crippen molar-refractivity contribution in [1.82, 2.24) is 0 Å². The third kappa shape index (κ3) is 4.22. The Morgan fingerprint density at radius 2 is 1.36 bits per heavy atom. The van der Waals surface area contributed by atoms with Crippen LogP contribution >= 0.6 is 0 Å². The van der Waals surface area contributed by atoms with Crippen LogP contribution in [0.15, 0.2) is 48.5 Å². The number of nitrogens with one attached hydrogen (secondary N) is 2. The maximum Gasteiger partial charge on any atom is 0.323 e. The van der Waals surface area contributed by atoms with Crippen LogP contribution in [0, 0.1) is 5.82 Å². The van der Waals surface area contributed by atoms with Crippen molar-refractivity contribution in [1.29, 1.82) is 0 Å². The second-order valence-corrected chi connectivity index (χ2v) is 4.81. The molecule has 0 aliphatic carbocycles. The van der Waals surface area contributed by atoms with Crippen LogP contribution in [0.2, 0.25) is 0 Å². The van der Waals surface area contributed by atoms with E-state index >= 15 is 0 Å². The van der Waals surface area contributed by atoms with Gasteiger partial charge in [0, 0.05) is 30.2 Å². The minimum atomic E-state index is -0.359. The van der Waals surface area contributed by atoms with E-state index in [4.69, 9.17) is 0 Å². The molecule has 0 unspecified atom stereocenters. The molecule has 0 fully saturated rings. The van der Waals surface area contributed by atoms with E-state index in [0.29, 0.717) is 11.4 Å². The minimum Gasteiger partial charge on any atom is -0.372 e. The van der Waals surface area contributed by atoms with E-state index in [1.54, 1.807) is 0 Å². The molecule has 2 rings (SSSR count). The maximum absolute atomic E-state index is 12.8. The second-order valence-electron chi connectivity index (χ2n) is 4.81. The lowest BCUT2D eigenvalue weighted by atomic mass is 10.2. The van der Waals surface area contributed by atoms with Crippen LogP contribution < -0.4 is 15.5 Å². The molecule has 4 nitrogen and oxygen atoms in total. The Kier molecular flexibility index (Phi) is 5.36. The van der Waals surface area contributed by atoms with Crippen molar-refractivity contribution in [2.75, 3.05) is 28.6 Å². The van der Waals surface area contributed by atoms with Crippen LogP contribution in [-0.4, -0.2) is 19.1 Å². The van der Waals surface area contributed by atoms with Gasteiger partial charge in [0.15, 0.2) is 0 Å². The second kappa shape index (κ2) is 7.45. The van der Waals surface area contributed by atoms with Crippen molar-refractivity contribution in [2.45, 2.75) is 13.8 Å². The number of urea groups is 1. The first-order valence-electron chi connectivity index (χ1n) is 7.31. The average Bonchev–Trinajstić information content (AvgIpc) is 2.52. The molecule has 116 valence electrons. The number of nitrogens with zero attached hydrogens (tertiary/aromatic N) is 1. The molecule has 2 aromatic carbocycles. The molecule has 0 heterocycles. The Bertz CT molecular complexity index is 607. The van der Waals surface area contributed by atoms with Gasteiger partial charge in [-0.25, -0.2) is 9.18 Å². The molecule has 0 aliphatic rings. The molecule has 2 amide bonds. The first-order chi connectivity index (χ1) is 10.6. The van der Waals surface area contributed by atoms with Crippen LogP contribution in [0.25, 0.3) is 0 Å². The quantitative estimate of drug-likeness (QED) is 0.864. The number of anilines is 3. The van der Waals surface area contributed by atoms with Gasteiger partial charge in [0.1, 0.15) is 5.82 Å². The molecule has 0 saturated carbocycles. The third-order valence-electron chi connectivity index (χ3n) is 3.36. The molecule has 0 bridgehead atoms. The van der Waals surface area contributed by atoms with E-state index in [-0.39, 0.29) is 11.8 Å². The standard InChI is InChI=1S/C17H20FN3O/c1-3-21(4-2)16-11-9-15(10-12-16)20-17(22)19-14-7-5-13(18)6-8-14/h5-12H,3-4H2,1-2H3,(H2,19,20,22). The Labute approximate surface area is 129 Å². The summed E-state index contributed by atoms with van der Waals surface area (Å²) in [5, 5.41) is 5.40. The van der Waals surface area contributed by atoms with E-state index in [2.05, 4.69) is 29.4 Å². The zero-order valence-electron chi connectivity index (χ0n) is 12.8. The largest absolute Gasteiger partial charge is 0.372 e. The van der Waals surface area contributed by atoms with Gasteiger partial charge in [-0.3, -0.25) is 0 Å². The molecule has 22 heavy (non-hydrogen) atoms.